The highest BCUT2D eigenvalue weighted by Crippen LogP contribution is 2.20. The Kier molecular flexibility index (Phi) is 68.4. The molecule has 0 aromatic heterocycles. The van der Waals surface area contributed by atoms with Crippen molar-refractivity contribution in [2.75, 3.05) is 13.2 Å². The summed E-state index contributed by atoms with van der Waals surface area (Å²) < 4.78 is 5.48. The van der Waals surface area contributed by atoms with Crippen LogP contribution in [0.4, 0.5) is 0 Å². The number of aliphatic hydroxyl groups is 2. The number of ether oxygens (including phenoxy) is 1. The Morgan fingerprint density at radius 2 is 0.519 bits per heavy atom. The third-order valence-electron chi connectivity index (χ3n) is 17.7. The highest BCUT2D eigenvalue weighted by molar-refractivity contribution is 5.76. The van der Waals surface area contributed by atoms with Gasteiger partial charge in [0.1, 0.15) is 0 Å². The number of hydrogen-bond acceptors (Lipinski definition) is 5. The Morgan fingerprint density at radius 3 is 0.772 bits per heavy atom. The van der Waals surface area contributed by atoms with Crippen LogP contribution in [0, 0.1) is 0 Å². The van der Waals surface area contributed by atoms with Crippen molar-refractivity contribution in [3.8, 4) is 0 Å². The molecule has 2 atom stereocenters. The highest BCUT2D eigenvalue weighted by atomic mass is 16.5. The molecule has 0 aliphatic rings. The number of carbonyl (C=O) groups is 2. The number of esters is 1. The quantitative estimate of drug-likeness (QED) is 0.0417. The normalized spacial score (nSPS) is 12.4. The van der Waals surface area contributed by atoms with Crippen LogP contribution in [-0.4, -0.2) is 47.4 Å². The second-order valence-corrected chi connectivity index (χ2v) is 25.6. The Balaban J connectivity index is 3.28. The lowest BCUT2D eigenvalue weighted by atomic mass is 10.0. The lowest BCUT2D eigenvalue weighted by molar-refractivity contribution is -0.143. The van der Waals surface area contributed by atoms with Crippen LogP contribution in [0.15, 0.2) is 0 Å². The third kappa shape index (κ3) is 65.9. The summed E-state index contributed by atoms with van der Waals surface area (Å²) in [6.07, 6.45) is 84.7. The molecule has 0 bridgehead atoms. The first-order valence-electron chi connectivity index (χ1n) is 36.8. The van der Waals surface area contributed by atoms with Crippen LogP contribution in [0.2, 0.25) is 0 Å². The molecule has 0 aliphatic heterocycles. The first-order chi connectivity index (χ1) is 39.0. The monoisotopic (exact) mass is 1120 g/mol. The number of unbranched alkanes of at least 4 members (excludes halogenated alkanes) is 59. The summed E-state index contributed by atoms with van der Waals surface area (Å²) in [5.74, 6) is -0.00166. The predicted octanol–water partition coefficient (Wildman–Crippen LogP) is 23.8. The fourth-order valence-corrected chi connectivity index (χ4v) is 12.1. The fourth-order valence-electron chi connectivity index (χ4n) is 12.1. The summed E-state index contributed by atoms with van der Waals surface area (Å²) in [4.78, 5) is 24.5. The lowest BCUT2D eigenvalue weighted by Gasteiger charge is -2.22. The SMILES string of the molecule is CCCCCCCCCCCCCCCCC(O)C(CO)NC(=O)CCCCCCCCCCCCCCCCCCCCCCCCCCCCCCCCCCCCCCCOC(=O)CCCCCCCCCCCCC. The number of nitrogens with one attached hydrogen (secondary N) is 1. The fraction of sp³-hybridized carbons (Fsp3) is 0.973. The van der Waals surface area contributed by atoms with Gasteiger partial charge >= 0.3 is 5.97 Å². The molecule has 0 aromatic carbocycles. The summed E-state index contributed by atoms with van der Waals surface area (Å²) >= 11 is 0. The predicted molar refractivity (Wildman–Crippen MR) is 347 cm³/mol. The average Bonchev–Trinajstić information content (AvgIpc) is 3.45. The van der Waals surface area contributed by atoms with Crippen LogP contribution in [0.3, 0.4) is 0 Å². The van der Waals surface area contributed by atoms with Gasteiger partial charge in [-0.25, -0.2) is 0 Å². The zero-order valence-electron chi connectivity index (χ0n) is 54.2. The molecule has 0 radical (unpaired) electrons. The topological polar surface area (TPSA) is 95.9 Å². The van der Waals surface area contributed by atoms with E-state index in [1.165, 1.54) is 360 Å². The first kappa shape index (κ1) is 77.9. The van der Waals surface area contributed by atoms with Crippen LogP contribution in [0.5, 0.6) is 0 Å². The molecular formula is C73H145NO5. The summed E-state index contributed by atoms with van der Waals surface area (Å²) in [5.41, 5.74) is 0. The summed E-state index contributed by atoms with van der Waals surface area (Å²) in [6.45, 7) is 4.99. The molecule has 0 rings (SSSR count). The Bertz CT molecular complexity index is 1150. The average molecular weight is 1120 g/mol. The van der Waals surface area contributed by atoms with E-state index in [2.05, 4.69) is 19.2 Å². The summed E-state index contributed by atoms with van der Waals surface area (Å²) in [7, 11) is 0. The van der Waals surface area contributed by atoms with Gasteiger partial charge in [0.15, 0.2) is 0 Å². The molecule has 0 spiro atoms. The molecule has 0 heterocycles. The molecule has 3 N–H and O–H groups in total. The van der Waals surface area contributed by atoms with Gasteiger partial charge in [0.2, 0.25) is 5.91 Å². The van der Waals surface area contributed by atoms with Crippen molar-refractivity contribution in [3.05, 3.63) is 0 Å². The zero-order valence-corrected chi connectivity index (χ0v) is 54.2. The largest absolute Gasteiger partial charge is 0.466 e. The van der Waals surface area contributed by atoms with E-state index in [0.29, 0.717) is 25.9 Å². The Hall–Kier alpha value is -1.14. The minimum Gasteiger partial charge on any atom is -0.466 e. The molecule has 0 saturated carbocycles. The van der Waals surface area contributed by atoms with Gasteiger partial charge in [0.25, 0.3) is 0 Å². The maximum absolute atomic E-state index is 12.5. The van der Waals surface area contributed by atoms with E-state index in [0.717, 1.165) is 38.5 Å². The number of carbonyl (C=O) groups excluding carboxylic acids is 2. The molecule has 2 unspecified atom stereocenters. The van der Waals surface area contributed by atoms with E-state index >= 15 is 0 Å². The maximum Gasteiger partial charge on any atom is 0.305 e. The standard InChI is InChI=1S/C73H145NO5/c1-3-5-7-9-11-13-15-16-42-46-49-53-57-61-65-71(76)70(69-75)74-72(77)66-62-58-54-50-47-43-40-38-36-34-32-30-28-26-24-22-20-18-17-19-21-23-25-27-29-31-33-35-37-39-41-44-48-52-56-60-64-68-79-73(78)67-63-59-55-51-45-14-12-10-8-6-4-2/h70-71,75-76H,3-69H2,1-2H3,(H,74,77). The van der Waals surface area contributed by atoms with Gasteiger partial charge in [0.05, 0.1) is 25.4 Å². The van der Waals surface area contributed by atoms with Gasteiger partial charge in [0, 0.05) is 12.8 Å². The van der Waals surface area contributed by atoms with E-state index < -0.39 is 12.1 Å². The van der Waals surface area contributed by atoms with E-state index in [-0.39, 0.29) is 18.5 Å². The minimum atomic E-state index is -0.658. The van der Waals surface area contributed by atoms with Gasteiger partial charge < -0.3 is 20.3 Å². The van der Waals surface area contributed by atoms with Crippen LogP contribution < -0.4 is 5.32 Å². The third-order valence-corrected chi connectivity index (χ3v) is 17.7. The molecule has 0 aromatic rings. The Morgan fingerprint density at radius 1 is 0.304 bits per heavy atom. The zero-order chi connectivity index (χ0) is 57.1. The molecular weight excluding hydrogens is 971 g/mol. The minimum absolute atomic E-state index is 0.0241. The molecule has 0 fully saturated rings. The highest BCUT2D eigenvalue weighted by Gasteiger charge is 2.20. The van der Waals surface area contributed by atoms with Crippen LogP contribution >= 0.6 is 0 Å². The van der Waals surface area contributed by atoms with Crippen LogP contribution in [0.25, 0.3) is 0 Å². The maximum atomic E-state index is 12.5. The van der Waals surface area contributed by atoms with Crippen molar-refractivity contribution < 1.29 is 24.5 Å². The van der Waals surface area contributed by atoms with Gasteiger partial charge in [-0.05, 0) is 25.7 Å². The molecule has 0 aliphatic carbocycles. The van der Waals surface area contributed by atoms with Gasteiger partial charge in [-0.2, -0.15) is 0 Å². The van der Waals surface area contributed by atoms with Crippen molar-refractivity contribution in [1.29, 1.82) is 0 Å². The van der Waals surface area contributed by atoms with E-state index in [4.69, 9.17) is 4.74 Å². The number of amides is 1. The van der Waals surface area contributed by atoms with E-state index in [9.17, 15) is 19.8 Å². The smallest absolute Gasteiger partial charge is 0.305 e. The number of hydrogen-bond donors (Lipinski definition) is 3. The van der Waals surface area contributed by atoms with E-state index in [1.54, 1.807) is 0 Å². The van der Waals surface area contributed by atoms with Crippen molar-refractivity contribution in [1.82, 2.24) is 5.32 Å². The molecule has 472 valence electrons. The summed E-state index contributed by atoms with van der Waals surface area (Å²) in [5, 5.41) is 23.3. The summed E-state index contributed by atoms with van der Waals surface area (Å²) in [6, 6.07) is -0.535. The van der Waals surface area contributed by atoms with Crippen molar-refractivity contribution in [2.45, 2.75) is 443 Å². The second-order valence-electron chi connectivity index (χ2n) is 25.6. The van der Waals surface area contributed by atoms with Crippen LogP contribution in [0.1, 0.15) is 431 Å². The van der Waals surface area contributed by atoms with Crippen molar-refractivity contribution in [2.24, 2.45) is 0 Å². The molecule has 79 heavy (non-hydrogen) atoms. The van der Waals surface area contributed by atoms with Crippen molar-refractivity contribution in [3.63, 3.8) is 0 Å². The van der Waals surface area contributed by atoms with E-state index in [1.807, 2.05) is 0 Å². The Labute approximate surface area is 496 Å². The van der Waals surface area contributed by atoms with Crippen molar-refractivity contribution >= 4 is 11.9 Å². The van der Waals surface area contributed by atoms with Gasteiger partial charge in [-0.15, -0.1) is 0 Å². The molecule has 6 heteroatoms. The first-order valence-corrected chi connectivity index (χ1v) is 36.8. The number of rotatable bonds is 70. The van der Waals surface area contributed by atoms with Gasteiger partial charge in [-0.1, -0.05) is 393 Å². The lowest BCUT2D eigenvalue weighted by Crippen LogP contribution is -2.45. The molecule has 6 nitrogen and oxygen atoms in total. The second kappa shape index (κ2) is 69.4. The molecule has 0 saturated heterocycles. The number of aliphatic hydroxyl groups excluding tert-OH is 2. The van der Waals surface area contributed by atoms with Gasteiger partial charge in [-0.3, -0.25) is 9.59 Å². The van der Waals surface area contributed by atoms with Crippen LogP contribution in [-0.2, 0) is 14.3 Å². The molecule has 1 amide bonds.